The summed E-state index contributed by atoms with van der Waals surface area (Å²) in [6.07, 6.45) is 34.4. The Morgan fingerprint density at radius 1 is 0.565 bits per heavy atom. The lowest BCUT2D eigenvalue weighted by Crippen LogP contribution is -1.77. The summed E-state index contributed by atoms with van der Waals surface area (Å²) in [7, 11) is 0. The average molecular weight is 315 g/mol. The molecule has 0 aromatic rings. The van der Waals surface area contributed by atoms with Crippen LogP contribution < -0.4 is 0 Å². The molecule has 128 valence electrons. The van der Waals surface area contributed by atoms with Crippen LogP contribution in [0.1, 0.15) is 58.3 Å². The van der Waals surface area contributed by atoms with Crippen molar-refractivity contribution in [2.45, 2.75) is 58.3 Å². The number of hydrogen-bond donors (Lipinski definition) is 1. The van der Waals surface area contributed by atoms with Gasteiger partial charge in [0.25, 0.3) is 0 Å². The van der Waals surface area contributed by atoms with E-state index in [0.29, 0.717) is 0 Å². The lowest BCUT2D eigenvalue weighted by atomic mass is 10.2. The van der Waals surface area contributed by atoms with Gasteiger partial charge in [0.15, 0.2) is 0 Å². The highest BCUT2D eigenvalue weighted by Gasteiger charge is 1.78. The summed E-state index contributed by atoms with van der Waals surface area (Å²) in [5, 5.41) is 8.64. The second-order valence-corrected chi connectivity index (χ2v) is 5.30. The van der Waals surface area contributed by atoms with Crippen molar-refractivity contribution in [2.24, 2.45) is 0 Å². The minimum Gasteiger partial charge on any atom is -0.396 e. The Morgan fingerprint density at radius 3 is 1.74 bits per heavy atom. The molecule has 0 aliphatic heterocycles. The largest absolute Gasteiger partial charge is 0.396 e. The molecule has 0 fully saturated rings. The molecule has 1 nitrogen and oxygen atoms in total. The van der Waals surface area contributed by atoms with E-state index in [1.807, 2.05) is 0 Å². The van der Waals surface area contributed by atoms with Crippen molar-refractivity contribution in [3.05, 3.63) is 72.9 Å². The van der Waals surface area contributed by atoms with Crippen LogP contribution in [0.25, 0.3) is 0 Å². The van der Waals surface area contributed by atoms with Crippen LogP contribution in [0.4, 0.5) is 0 Å². The van der Waals surface area contributed by atoms with Gasteiger partial charge in [-0.15, -0.1) is 0 Å². The van der Waals surface area contributed by atoms with E-state index in [4.69, 9.17) is 5.11 Å². The molecule has 0 radical (unpaired) electrons. The highest BCUT2D eigenvalue weighted by Crippen LogP contribution is 1.97. The summed E-state index contributed by atoms with van der Waals surface area (Å²) in [6.45, 7) is 2.45. The molecule has 0 unspecified atom stereocenters. The Morgan fingerprint density at radius 2 is 1.09 bits per heavy atom. The first kappa shape index (κ1) is 21.4. The Balaban J connectivity index is 3.49. The third-order valence-electron chi connectivity index (χ3n) is 3.13. The van der Waals surface area contributed by atoms with Gasteiger partial charge in [0, 0.05) is 6.61 Å². The summed E-state index contributed by atoms with van der Waals surface area (Å²) in [4.78, 5) is 0. The summed E-state index contributed by atoms with van der Waals surface area (Å²) in [5.41, 5.74) is 0. The van der Waals surface area contributed by atoms with Gasteiger partial charge in [0.1, 0.15) is 0 Å². The van der Waals surface area contributed by atoms with Crippen LogP contribution in [-0.4, -0.2) is 11.7 Å². The maximum atomic E-state index is 8.64. The van der Waals surface area contributed by atoms with E-state index >= 15 is 0 Å². The Bertz CT molecular complexity index is 394. The highest BCUT2D eigenvalue weighted by molar-refractivity contribution is 5.06. The van der Waals surface area contributed by atoms with Crippen LogP contribution in [0.15, 0.2) is 72.9 Å². The Hall–Kier alpha value is -1.60. The minimum absolute atomic E-state index is 0.283. The van der Waals surface area contributed by atoms with Gasteiger partial charge in [-0.3, -0.25) is 0 Å². The van der Waals surface area contributed by atoms with Gasteiger partial charge in [-0.2, -0.15) is 0 Å². The van der Waals surface area contributed by atoms with Crippen LogP contribution in [0, 0.1) is 0 Å². The maximum absolute atomic E-state index is 8.64. The predicted molar refractivity (Wildman–Crippen MR) is 105 cm³/mol. The summed E-state index contributed by atoms with van der Waals surface area (Å²) >= 11 is 0. The van der Waals surface area contributed by atoms with E-state index < -0.39 is 0 Å². The van der Waals surface area contributed by atoms with Crippen molar-refractivity contribution in [1.29, 1.82) is 0 Å². The third kappa shape index (κ3) is 20.4. The number of unbranched alkanes of at least 4 members (excludes halogenated alkanes) is 2. The molecule has 0 aliphatic rings. The van der Waals surface area contributed by atoms with Gasteiger partial charge in [-0.25, -0.2) is 0 Å². The predicted octanol–water partition coefficient (Wildman–Crippen LogP) is 6.46. The van der Waals surface area contributed by atoms with Crippen molar-refractivity contribution >= 4 is 0 Å². The van der Waals surface area contributed by atoms with Crippen LogP contribution in [0.5, 0.6) is 0 Å². The zero-order valence-corrected chi connectivity index (χ0v) is 14.7. The molecule has 0 saturated carbocycles. The van der Waals surface area contributed by atoms with Crippen LogP contribution in [0.3, 0.4) is 0 Å². The quantitative estimate of drug-likeness (QED) is 0.222. The molecule has 0 saturated heterocycles. The lowest BCUT2D eigenvalue weighted by Gasteiger charge is -1.87. The molecule has 1 N–H and O–H groups in total. The number of hydrogen-bond acceptors (Lipinski definition) is 1. The summed E-state index contributed by atoms with van der Waals surface area (Å²) in [6, 6.07) is 0. The van der Waals surface area contributed by atoms with Crippen molar-refractivity contribution in [3.63, 3.8) is 0 Å². The summed E-state index contributed by atoms with van der Waals surface area (Å²) in [5.74, 6) is 0. The van der Waals surface area contributed by atoms with Crippen LogP contribution >= 0.6 is 0 Å². The SMILES string of the molecule is CC/C=C\CC/C=C\C=C/C/C=C\C/C=C\C/C=C\CCCO. The normalized spacial score (nSPS) is 13.3. The molecule has 0 aromatic carbocycles. The second-order valence-electron chi connectivity index (χ2n) is 5.30. The number of aliphatic hydroxyl groups excluding tert-OH is 1. The molecule has 0 rings (SSSR count). The van der Waals surface area contributed by atoms with Crippen molar-refractivity contribution in [1.82, 2.24) is 0 Å². The molecular formula is C22H34O. The fourth-order valence-corrected chi connectivity index (χ4v) is 1.85. The van der Waals surface area contributed by atoms with Gasteiger partial charge in [-0.05, 0) is 51.4 Å². The first-order valence-electron chi connectivity index (χ1n) is 8.94. The van der Waals surface area contributed by atoms with Gasteiger partial charge < -0.3 is 5.11 Å². The van der Waals surface area contributed by atoms with Gasteiger partial charge in [0.2, 0.25) is 0 Å². The number of rotatable bonds is 14. The first-order valence-corrected chi connectivity index (χ1v) is 8.94. The Labute approximate surface area is 143 Å². The fourth-order valence-electron chi connectivity index (χ4n) is 1.85. The molecular weight excluding hydrogens is 280 g/mol. The van der Waals surface area contributed by atoms with E-state index in [1.165, 1.54) is 0 Å². The lowest BCUT2D eigenvalue weighted by molar-refractivity contribution is 0.289. The molecule has 23 heavy (non-hydrogen) atoms. The van der Waals surface area contributed by atoms with Crippen LogP contribution in [0.2, 0.25) is 0 Å². The van der Waals surface area contributed by atoms with E-state index in [-0.39, 0.29) is 6.61 Å². The van der Waals surface area contributed by atoms with Crippen LogP contribution in [-0.2, 0) is 0 Å². The number of aliphatic hydroxyl groups is 1. The third-order valence-corrected chi connectivity index (χ3v) is 3.13. The molecule has 0 spiro atoms. The molecule has 0 amide bonds. The molecule has 0 atom stereocenters. The van der Waals surface area contributed by atoms with Crippen molar-refractivity contribution in [2.75, 3.05) is 6.61 Å². The van der Waals surface area contributed by atoms with Crippen molar-refractivity contribution < 1.29 is 5.11 Å². The first-order chi connectivity index (χ1) is 11.4. The van der Waals surface area contributed by atoms with Gasteiger partial charge in [-0.1, -0.05) is 79.8 Å². The van der Waals surface area contributed by atoms with Gasteiger partial charge >= 0.3 is 0 Å². The average Bonchev–Trinajstić information content (AvgIpc) is 2.57. The minimum atomic E-state index is 0.283. The fraction of sp³-hybridized carbons (Fsp3) is 0.455. The topological polar surface area (TPSA) is 20.2 Å². The monoisotopic (exact) mass is 314 g/mol. The second kappa shape index (κ2) is 20.4. The molecule has 0 bridgehead atoms. The van der Waals surface area contributed by atoms with E-state index in [0.717, 1.165) is 51.4 Å². The van der Waals surface area contributed by atoms with E-state index in [9.17, 15) is 0 Å². The van der Waals surface area contributed by atoms with Crippen molar-refractivity contribution in [3.8, 4) is 0 Å². The smallest absolute Gasteiger partial charge is 0.0433 e. The number of allylic oxidation sites excluding steroid dienone is 12. The summed E-state index contributed by atoms with van der Waals surface area (Å²) < 4.78 is 0. The zero-order chi connectivity index (χ0) is 16.8. The van der Waals surface area contributed by atoms with E-state index in [2.05, 4.69) is 79.8 Å². The zero-order valence-electron chi connectivity index (χ0n) is 14.7. The molecule has 0 aromatic heterocycles. The highest BCUT2D eigenvalue weighted by atomic mass is 16.2. The molecule has 0 heterocycles. The molecule has 1 heteroatoms. The van der Waals surface area contributed by atoms with Gasteiger partial charge in [0.05, 0.1) is 0 Å². The standard InChI is InChI=1S/C22H34O/c1-2-3-4-5-6-7-8-9-10-11-12-13-14-15-16-17-18-19-20-21-22-23/h3-4,7-10,12-13,15-16,18-19,23H,2,5-6,11,14,17,20-22H2,1H3/b4-3-,8-7-,10-9-,13-12-,16-15-,19-18-. The Kier molecular flexibility index (Phi) is 19.0. The maximum Gasteiger partial charge on any atom is 0.0433 e. The molecule has 0 aliphatic carbocycles. The van der Waals surface area contributed by atoms with E-state index in [1.54, 1.807) is 0 Å².